The topological polar surface area (TPSA) is 47.3 Å². The molecule has 0 amide bonds. The molecule has 1 rings (SSSR count). The van der Waals surface area contributed by atoms with Gasteiger partial charge in [-0.25, -0.2) is 0 Å². The Morgan fingerprint density at radius 1 is 1.36 bits per heavy atom. The molecule has 3 heteroatoms. The number of carbonyl (C=O) groups excluding carboxylic acids is 2. The molecule has 1 aromatic rings. The van der Waals surface area contributed by atoms with Crippen molar-refractivity contribution in [3.8, 4) is 0 Å². The second-order valence-corrected chi connectivity index (χ2v) is 2.30. The zero-order valence-corrected chi connectivity index (χ0v) is 6.38. The van der Waals surface area contributed by atoms with Gasteiger partial charge in [0.15, 0.2) is 5.76 Å². The van der Waals surface area contributed by atoms with Crippen molar-refractivity contribution < 1.29 is 14.0 Å². The third-order valence-corrected chi connectivity index (χ3v) is 1.28. The van der Waals surface area contributed by atoms with E-state index in [4.69, 9.17) is 4.42 Å². The number of Topliss-reactive ketones (excluding diaryl/α,β-unsaturated/α-hetero) is 2. The zero-order chi connectivity index (χ0) is 8.43. The average Bonchev–Trinajstić information content (AvgIpc) is 2.34. The summed E-state index contributed by atoms with van der Waals surface area (Å²) in [6.07, 6.45) is 0. The predicted molar refractivity (Wildman–Crippen MR) is 38.5 cm³/mol. The van der Waals surface area contributed by atoms with Gasteiger partial charge in [-0.3, -0.25) is 9.59 Å². The van der Waals surface area contributed by atoms with E-state index in [1.165, 1.54) is 13.0 Å². The minimum atomic E-state index is -0.571. The third-order valence-electron chi connectivity index (χ3n) is 1.28. The molecule has 11 heavy (non-hydrogen) atoms. The van der Waals surface area contributed by atoms with E-state index in [0.717, 1.165) is 0 Å². The van der Waals surface area contributed by atoms with Crippen LogP contribution in [-0.4, -0.2) is 11.6 Å². The first-order valence-electron chi connectivity index (χ1n) is 3.23. The van der Waals surface area contributed by atoms with Crippen LogP contribution >= 0.6 is 0 Å². The second-order valence-electron chi connectivity index (χ2n) is 2.30. The van der Waals surface area contributed by atoms with Gasteiger partial charge in [0, 0.05) is 6.92 Å². The molecule has 0 radical (unpaired) electrons. The lowest BCUT2D eigenvalue weighted by Crippen LogP contribution is -2.07. The monoisotopic (exact) mass is 152 g/mol. The summed E-state index contributed by atoms with van der Waals surface area (Å²) in [6.45, 7) is 2.94. The molecule has 0 spiro atoms. The number of aryl methyl sites for hydroxylation is 1. The Balaban J connectivity index is 2.94. The Morgan fingerprint density at radius 2 is 2.00 bits per heavy atom. The summed E-state index contributed by atoms with van der Waals surface area (Å²) in [4.78, 5) is 21.5. The fourth-order valence-corrected chi connectivity index (χ4v) is 0.730. The van der Waals surface area contributed by atoms with Gasteiger partial charge in [-0.15, -0.1) is 0 Å². The Bertz CT molecular complexity index is 296. The van der Waals surface area contributed by atoms with E-state index in [0.29, 0.717) is 5.76 Å². The summed E-state index contributed by atoms with van der Waals surface area (Å²) < 4.78 is 4.94. The molecular weight excluding hydrogens is 144 g/mol. The molecule has 0 unspecified atom stereocenters. The maximum Gasteiger partial charge on any atom is 0.263 e. The Morgan fingerprint density at radius 3 is 2.36 bits per heavy atom. The van der Waals surface area contributed by atoms with Gasteiger partial charge < -0.3 is 4.42 Å². The molecule has 0 aliphatic rings. The molecule has 0 saturated carbocycles. The van der Waals surface area contributed by atoms with E-state index in [1.54, 1.807) is 13.0 Å². The van der Waals surface area contributed by atoms with E-state index in [2.05, 4.69) is 0 Å². The van der Waals surface area contributed by atoms with Crippen LogP contribution in [0.3, 0.4) is 0 Å². The van der Waals surface area contributed by atoms with Gasteiger partial charge in [-0.1, -0.05) is 0 Å². The predicted octanol–water partition coefficient (Wildman–Crippen LogP) is 1.36. The van der Waals surface area contributed by atoms with Crippen molar-refractivity contribution in [3.63, 3.8) is 0 Å². The van der Waals surface area contributed by atoms with Crippen molar-refractivity contribution in [2.24, 2.45) is 0 Å². The first-order valence-corrected chi connectivity index (χ1v) is 3.23. The number of carbonyl (C=O) groups is 2. The van der Waals surface area contributed by atoms with Crippen molar-refractivity contribution in [3.05, 3.63) is 23.7 Å². The molecule has 0 aromatic carbocycles. The molecule has 0 N–H and O–H groups in total. The van der Waals surface area contributed by atoms with Crippen molar-refractivity contribution in [1.82, 2.24) is 0 Å². The lowest BCUT2D eigenvalue weighted by atomic mass is 10.2. The highest BCUT2D eigenvalue weighted by atomic mass is 16.3. The van der Waals surface area contributed by atoms with Crippen LogP contribution in [0.5, 0.6) is 0 Å². The highest BCUT2D eigenvalue weighted by molar-refractivity contribution is 6.42. The first kappa shape index (κ1) is 7.72. The first-order chi connectivity index (χ1) is 5.11. The van der Waals surface area contributed by atoms with Crippen LogP contribution in [0.4, 0.5) is 0 Å². The van der Waals surface area contributed by atoms with E-state index < -0.39 is 11.6 Å². The van der Waals surface area contributed by atoms with E-state index in [-0.39, 0.29) is 5.76 Å². The standard InChI is InChI=1S/C8H8O3/c1-5-3-4-7(11-5)8(10)6(2)9/h3-4H,1-2H3. The Labute approximate surface area is 64.0 Å². The van der Waals surface area contributed by atoms with Crippen LogP contribution in [0, 0.1) is 6.92 Å². The van der Waals surface area contributed by atoms with Gasteiger partial charge in [-0.2, -0.15) is 0 Å². The average molecular weight is 152 g/mol. The maximum atomic E-state index is 10.9. The van der Waals surface area contributed by atoms with E-state index >= 15 is 0 Å². The van der Waals surface area contributed by atoms with Crippen LogP contribution in [0.25, 0.3) is 0 Å². The minimum absolute atomic E-state index is 0.120. The summed E-state index contributed by atoms with van der Waals surface area (Å²) >= 11 is 0. The van der Waals surface area contributed by atoms with Crippen molar-refractivity contribution in [1.29, 1.82) is 0 Å². The molecule has 1 aromatic heterocycles. The highest BCUT2D eigenvalue weighted by Crippen LogP contribution is 2.06. The van der Waals surface area contributed by atoms with Crippen molar-refractivity contribution in [2.45, 2.75) is 13.8 Å². The number of furan rings is 1. The van der Waals surface area contributed by atoms with Gasteiger partial charge in [0.2, 0.25) is 5.78 Å². The lowest BCUT2D eigenvalue weighted by molar-refractivity contribution is -0.113. The highest BCUT2D eigenvalue weighted by Gasteiger charge is 2.13. The Kier molecular flexibility index (Phi) is 1.89. The van der Waals surface area contributed by atoms with Crippen LogP contribution in [0.1, 0.15) is 23.2 Å². The summed E-state index contributed by atoms with van der Waals surface area (Å²) in [7, 11) is 0. The number of ketones is 2. The molecule has 0 bridgehead atoms. The van der Waals surface area contributed by atoms with Crippen LogP contribution in [0.2, 0.25) is 0 Å². The fourth-order valence-electron chi connectivity index (χ4n) is 0.730. The normalized spacial score (nSPS) is 9.64. The smallest absolute Gasteiger partial charge is 0.263 e. The number of rotatable bonds is 2. The maximum absolute atomic E-state index is 10.9. The Hall–Kier alpha value is -1.38. The fraction of sp³-hybridized carbons (Fsp3) is 0.250. The van der Waals surface area contributed by atoms with Crippen LogP contribution < -0.4 is 0 Å². The molecule has 0 aliphatic carbocycles. The van der Waals surface area contributed by atoms with Gasteiger partial charge in [0.05, 0.1) is 0 Å². The van der Waals surface area contributed by atoms with E-state index in [9.17, 15) is 9.59 Å². The zero-order valence-electron chi connectivity index (χ0n) is 6.38. The third kappa shape index (κ3) is 1.55. The van der Waals surface area contributed by atoms with Crippen molar-refractivity contribution in [2.75, 3.05) is 0 Å². The van der Waals surface area contributed by atoms with Gasteiger partial charge in [-0.05, 0) is 19.1 Å². The van der Waals surface area contributed by atoms with Crippen LogP contribution in [0.15, 0.2) is 16.5 Å². The molecule has 1 heterocycles. The van der Waals surface area contributed by atoms with E-state index in [1.807, 2.05) is 0 Å². The summed E-state index contributed by atoms with van der Waals surface area (Å²) in [5.74, 6) is -0.318. The van der Waals surface area contributed by atoms with Crippen molar-refractivity contribution >= 4 is 11.6 Å². The minimum Gasteiger partial charge on any atom is -0.458 e. The number of hydrogen-bond donors (Lipinski definition) is 0. The van der Waals surface area contributed by atoms with Gasteiger partial charge in [0.25, 0.3) is 5.78 Å². The van der Waals surface area contributed by atoms with Gasteiger partial charge >= 0.3 is 0 Å². The summed E-state index contributed by atoms with van der Waals surface area (Å²) in [5.41, 5.74) is 0. The molecule has 0 saturated heterocycles. The molecule has 3 nitrogen and oxygen atoms in total. The molecule has 0 fully saturated rings. The SMILES string of the molecule is CC(=O)C(=O)c1ccc(C)o1. The van der Waals surface area contributed by atoms with Crippen LogP contribution in [-0.2, 0) is 4.79 Å². The summed E-state index contributed by atoms with van der Waals surface area (Å²) in [5, 5.41) is 0. The second kappa shape index (κ2) is 2.70. The number of hydrogen-bond acceptors (Lipinski definition) is 3. The van der Waals surface area contributed by atoms with Gasteiger partial charge in [0.1, 0.15) is 5.76 Å². The molecule has 0 atom stereocenters. The molecular formula is C8H8O3. The molecule has 58 valence electrons. The summed E-state index contributed by atoms with van der Waals surface area (Å²) in [6, 6.07) is 3.15. The molecule has 0 aliphatic heterocycles. The quantitative estimate of drug-likeness (QED) is 0.474. The largest absolute Gasteiger partial charge is 0.458 e. The lowest BCUT2D eigenvalue weighted by Gasteiger charge is -1.87.